The summed E-state index contributed by atoms with van der Waals surface area (Å²) in [5.74, 6) is -1.46. The summed E-state index contributed by atoms with van der Waals surface area (Å²) in [5.41, 5.74) is 1.31. The number of thiophene rings is 1. The number of nitrogens with one attached hydrogen (secondary N) is 1. The molecule has 0 spiro atoms. The van der Waals surface area contributed by atoms with E-state index >= 15 is 0 Å². The van der Waals surface area contributed by atoms with Crippen LogP contribution < -0.4 is 5.32 Å². The lowest BCUT2D eigenvalue weighted by molar-refractivity contribution is -0.137. The van der Waals surface area contributed by atoms with Crippen molar-refractivity contribution >= 4 is 40.6 Å². The van der Waals surface area contributed by atoms with Crippen LogP contribution in [0.15, 0.2) is 30.3 Å². The molecular formula is C19H20ClNO4S. The molecule has 0 aliphatic rings. The Morgan fingerprint density at radius 2 is 1.81 bits per heavy atom. The zero-order valence-corrected chi connectivity index (χ0v) is 16.1. The van der Waals surface area contributed by atoms with E-state index in [9.17, 15) is 14.4 Å². The first-order chi connectivity index (χ1) is 12.3. The molecule has 0 unspecified atom stereocenters. The van der Waals surface area contributed by atoms with Crippen LogP contribution in [0.4, 0.5) is 0 Å². The van der Waals surface area contributed by atoms with Gasteiger partial charge in [0.15, 0.2) is 5.78 Å². The van der Waals surface area contributed by atoms with E-state index in [4.69, 9.17) is 16.7 Å². The van der Waals surface area contributed by atoms with Gasteiger partial charge in [-0.05, 0) is 37.6 Å². The van der Waals surface area contributed by atoms with Gasteiger partial charge in [-0.2, -0.15) is 0 Å². The monoisotopic (exact) mass is 393 g/mol. The fraction of sp³-hybridized carbons (Fsp3) is 0.316. The number of benzene rings is 1. The number of carbonyl (C=O) groups is 3. The average molecular weight is 394 g/mol. The highest BCUT2D eigenvalue weighted by Crippen LogP contribution is 2.23. The van der Waals surface area contributed by atoms with Gasteiger partial charge in [-0.3, -0.25) is 14.4 Å². The summed E-state index contributed by atoms with van der Waals surface area (Å²) in [7, 11) is 0. The molecule has 26 heavy (non-hydrogen) atoms. The van der Waals surface area contributed by atoms with Gasteiger partial charge in [0.2, 0.25) is 5.91 Å². The molecule has 1 aromatic heterocycles. The summed E-state index contributed by atoms with van der Waals surface area (Å²) >= 11 is 7.40. The molecule has 2 N–H and O–H groups in total. The molecule has 1 heterocycles. The summed E-state index contributed by atoms with van der Waals surface area (Å²) in [6.45, 7) is 3.82. The van der Waals surface area contributed by atoms with Crippen LogP contribution >= 0.6 is 22.9 Å². The number of carboxylic acids is 1. The second-order valence-corrected chi connectivity index (χ2v) is 7.92. The fourth-order valence-corrected chi connectivity index (χ4v) is 3.73. The standard InChI is InChI=1S/C19H20ClNO4S/c1-11-9-15(12(2)26-11)17(22)7-8-18(23)21-16(10-19(24)25)13-3-5-14(20)6-4-13/h3-6,9,16H,7-8,10H2,1-2H3,(H,21,23)(H,24,25)/t16-/m0/s1. The van der Waals surface area contributed by atoms with Crippen molar-refractivity contribution in [1.29, 1.82) is 0 Å². The third-order valence-corrected chi connectivity index (χ3v) is 5.12. The molecule has 0 aliphatic carbocycles. The smallest absolute Gasteiger partial charge is 0.305 e. The van der Waals surface area contributed by atoms with Crippen molar-refractivity contribution in [3.63, 3.8) is 0 Å². The van der Waals surface area contributed by atoms with Gasteiger partial charge < -0.3 is 10.4 Å². The normalized spacial score (nSPS) is 11.8. The SMILES string of the molecule is Cc1cc(C(=O)CCC(=O)N[C@@H](CC(=O)O)c2ccc(Cl)cc2)c(C)s1. The highest BCUT2D eigenvalue weighted by Gasteiger charge is 2.19. The van der Waals surface area contributed by atoms with Gasteiger partial charge in [-0.15, -0.1) is 11.3 Å². The number of ketones is 1. The molecule has 2 aromatic rings. The molecule has 0 fully saturated rings. The highest BCUT2D eigenvalue weighted by atomic mass is 35.5. The van der Waals surface area contributed by atoms with E-state index in [2.05, 4.69) is 5.32 Å². The number of aliphatic carboxylic acids is 1. The molecule has 1 amide bonds. The number of rotatable bonds is 8. The number of Topliss-reactive ketones (excluding diaryl/α,β-unsaturated/α-hetero) is 1. The lowest BCUT2D eigenvalue weighted by Gasteiger charge is -2.17. The van der Waals surface area contributed by atoms with E-state index in [1.54, 1.807) is 35.6 Å². The molecule has 1 atom stereocenters. The topological polar surface area (TPSA) is 83.5 Å². The first-order valence-electron chi connectivity index (χ1n) is 8.13. The van der Waals surface area contributed by atoms with Gasteiger partial charge in [0.05, 0.1) is 12.5 Å². The molecule has 138 valence electrons. The van der Waals surface area contributed by atoms with Gasteiger partial charge in [0, 0.05) is 33.2 Å². The maximum Gasteiger partial charge on any atom is 0.305 e. The van der Waals surface area contributed by atoms with Crippen LogP contribution in [-0.4, -0.2) is 22.8 Å². The predicted molar refractivity (Wildman–Crippen MR) is 102 cm³/mol. The van der Waals surface area contributed by atoms with Crippen LogP contribution in [-0.2, 0) is 9.59 Å². The summed E-state index contributed by atoms with van der Waals surface area (Å²) in [5, 5.41) is 12.3. The van der Waals surface area contributed by atoms with Crippen LogP contribution in [0.5, 0.6) is 0 Å². The number of halogens is 1. The van der Waals surface area contributed by atoms with Crippen molar-refractivity contribution in [1.82, 2.24) is 5.32 Å². The number of carbonyl (C=O) groups excluding carboxylic acids is 2. The van der Waals surface area contributed by atoms with Crippen molar-refractivity contribution in [3.05, 3.63) is 56.2 Å². The Labute approximate surface area is 161 Å². The number of amides is 1. The zero-order valence-electron chi connectivity index (χ0n) is 14.5. The molecule has 0 saturated carbocycles. The Morgan fingerprint density at radius 3 is 2.35 bits per heavy atom. The number of hydrogen-bond donors (Lipinski definition) is 2. The van der Waals surface area contributed by atoms with Crippen LogP contribution in [0.3, 0.4) is 0 Å². The quantitative estimate of drug-likeness (QED) is 0.654. The maximum absolute atomic E-state index is 12.3. The second-order valence-electron chi connectivity index (χ2n) is 6.02. The van der Waals surface area contributed by atoms with Crippen molar-refractivity contribution in [2.45, 2.75) is 39.2 Å². The Bertz CT molecular complexity index is 813. The van der Waals surface area contributed by atoms with Crippen molar-refractivity contribution in [3.8, 4) is 0 Å². The average Bonchev–Trinajstić information content (AvgIpc) is 2.91. The molecule has 0 bridgehead atoms. The van der Waals surface area contributed by atoms with Crippen LogP contribution in [0.1, 0.15) is 51.0 Å². The Kier molecular flexibility index (Phi) is 6.94. The maximum atomic E-state index is 12.3. The minimum Gasteiger partial charge on any atom is -0.481 e. The second kappa shape index (κ2) is 8.96. The number of aryl methyl sites for hydroxylation is 2. The van der Waals surface area contributed by atoms with Crippen LogP contribution in [0.25, 0.3) is 0 Å². The van der Waals surface area contributed by atoms with E-state index in [1.807, 2.05) is 19.9 Å². The molecular weight excluding hydrogens is 374 g/mol. The molecule has 7 heteroatoms. The summed E-state index contributed by atoms with van der Waals surface area (Å²) in [6, 6.07) is 7.81. The predicted octanol–water partition coefficient (Wildman–Crippen LogP) is 4.31. The summed E-state index contributed by atoms with van der Waals surface area (Å²) in [4.78, 5) is 37.6. The molecule has 2 rings (SSSR count). The molecule has 5 nitrogen and oxygen atoms in total. The minimum atomic E-state index is -1.02. The van der Waals surface area contributed by atoms with Gasteiger partial charge >= 0.3 is 5.97 Å². The lowest BCUT2D eigenvalue weighted by Crippen LogP contribution is -2.30. The molecule has 0 radical (unpaired) electrons. The van der Waals surface area contributed by atoms with E-state index < -0.39 is 12.0 Å². The third-order valence-electron chi connectivity index (χ3n) is 3.91. The third kappa shape index (κ3) is 5.68. The summed E-state index contributed by atoms with van der Waals surface area (Å²) in [6.07, 6.45) is -0.149. The lowest BCUT2D eigenvalue weighted by atomic mass is 10.0. The Balaban J connectivity index is 1.98. The number of carboxylic acid groups (broad SMARTS) is 1. The highest BCUT2D eigenvalue weighted by molar-refractivity contribution is 7.12. The van der Waals surface area contributed by atoms with Crippen LogP contribution in [0.2, 0.25) is 5.02 Å². The minimum absolute atomic E-state index is 0.0108. The van der Waals surface area contributed by atoms with Gasteiger partial charge in [0.25, 0.3) is 0 Å². The van der Waals surface area contributed by atoms with Crippen molar-refractivity contribution in [2.24, 2.45) is 0 Å². The molecule has 0 aliphatic heterocycles. The summed E-state index contributed by atoms with van der Waals surface area (Å²) < 4.78 is 0. The fourth-order valence-electron chi connectivity index (χ4n) is 2.66. The van der Waals surface area contributed by atoms with E-state index in [1.165, 1.54) is 0 Å². The zero-order chi connectivity index (χ0) is 19.3. The Morgan fingerprint density at radius 1 is 1.15 bits per heavy atom. The number of hydrogen-bond acceptors (Lipinski definition) is 4. The van der Waals surface area contributed by atoms with Gasteiger partial charge in [-0.1, -0.05) is 23.7 Å². The Hall–Kier alpha value is -2.18. The molecule has 1 aromatic carbocycles. The molecule has 0 saturated heterocycles. The first-order valence-corrected chi connectivity index (χ1v) is 9.32. The largest absolute Gasteiger partial charge is 0.481 e. The van der Waals surface area contributed by atoms with Crippen molar-refractivity contribution < 1.29 is 19.5 Å². The van der Waals surface area contributed by atoms with Crippen molar-refractivity contribution in [2.75, 3.05) is 0 Å². The first kappa shape index (κ1) is 20.1. The van der Waals surface area contributed by atoms with Crippen LogP contribution in [0, 0.1) is 13.8 Å². The van der Waals surface area contributed by atoms with Gasteiger partial charge in [-0.25, -0.2) is 0 Å². The van der Waals surface area contributed by atoms with E-state index in [0.29, 0.717) is 16.1 Å². The van der Waals surface area contributed by atoms with Gasteiger partial charge in [0.1, 0.15) is 0 Å². The van der Waals surface area contributed by atoms with E-state index in [-0.39, 0.29) is 31.0 Å². The van der Waals surface area contributed by atoms with E-state index in [0.717, 1.165) is 9.75 Å².